The molecule has 0 spiro atoms. The normalized spacial score (nSPS) is 10.8. The highest BCUT2D eigenvalue weighted by atomic mass is 16.1. The van der Waals surface area contributed by atoms with E-state index in [-0.39, 0.29) is 5.56 Å². The molecule has 0 unspecified atom stereocenters. The molecule has 20 heavy (non-hydrogen) atoms. The third kappa shape index (κ3) is 2.21. The lowest BCUT2D eigenvalue weighted by atomic mass is 10.1. The minimum atomic E-state index is -0.101. The molecule has 2 N–H and O–H groups in total. The molecule has 0 radical (unpaired) electrons. The van der Waals surface area contributed by atoms with Gasteiger partial charge in [-0.15, -0.1) is 0 Å². The van der Waals surface area contributed by atoms with Crippen LogP contribution in [-0.4, -0.2) is 9.55 Å². The number of para-hydroxylation sites is 2. The van der Waals surface area contributed by atoms with Crippen LogP contribution in [0.5, 0.6) is 0 Å². The van der Waals surface area contributed by atoms with Crippen molar-refractivity contribution < 1.29 is 0 Å². The molecule has 3 aromatic rings. The van der Waals surface area contributed by atoms with Gasteiger partial charge < -0.3 is 10.3 Å². The van der Waals surface area contributed by atoms with E-state index in [1.807, 2.05) is 48.5 Å². The van der Waals surface area contributed by atoms with Crippen molar-refractivity contribution in [3.05, 3.63) is 76.2 Å². The Morgan fingerprint density at radius 2 is 1.70 bits per heavy atom. The maximum Gasteiger partial charge on any atom is 0.269 e. The molecule has 1 heterocycles. The van der Waals surface area contributed by atoms with E-state index in [1.165, 1.54) is 6.20 Å². The van der Waals surface area contributed by atoms with Crippen molar-refractivity contribution in [2.24, 2.45) is 5.73 Å². The van der Waals surface area contributed by atoms with Gasteiger partial charge in [-0.1, -0.05) is 36.4 Å². The van der Waals surface area contributed by atoms with Crippen LogP contribution in [-0.2, 0) is 13.1 Å². The molecule has 3 rings (SSSR count). The van der Waals surface area contributed by atoms with Gasteiger partial charge in [0.2, 0.25) is 0 Å². The van der Waals surface area contributed by atoms with Gasteiger partial charge in [-0.05, 0) is 23.3 Å². The van der Waals surface area contributed by atoms with Crippen LogP contribution in [0.25, 0.3) is 11.0 Å². The molecule has 0 saturated heterocycles. The van der Waals surface area contributed by atoms with Crippen molar-refractivity contribution >= 4 is 11.0 Å². The second-order valence-electron chi connectivity index (χ2n) is 4.64. The molecule has 0 aliphatic carbocycles. The van der Waals surface area contributed by atoms with Crippen LogP contribution in [0.2, 0.25) is 0 Å². The minimum absolute atomic E-state index is 0.101. The van der Waals surface area contributed by atoms with Gasteiger partial charge in [0.1, 0.15) is 0 Å². The van der Waals surface area contributed by atoms with Gasteiger partial charge in [0.15, 0.2) is 0 Å². The number of fused-ring (bicyclic) bond motifs is 1. The molecule has 4 nitrogen and oxygen atoms in total. The van der Waals surface area contributed by atoms with E-state index in [1.54, 1.807) is 4.57 Å². The quantitative estimate of drug-likeness (QED) is 0.786. The zero-order chi connectivity index (χ0) is 13.9. The Morgan fingerprint density at radius 1 is 1.00 bits per heavy atom. The Morgan fingerprint density at radius 3 is 2.50 bits per heavy atom. The summed E-state index contributed by atoms with van der Waals surface area (Å²) in [7, 11) is 0. The number of benzene rings is 2. The fourth-order valence-corrected chi connectivity index (χ4v) is 2.36. The van der Waals surface area contributed by atoms with Crippen molar-refractivity contribution in [2.45, 2.75) is 13.1 Å². The summed E-state index contributed by atoms with van der Waals surface area (Å²) in [5.74, 6) is 0. The second kappa shape index (κ2) is 5.27. The average Bonchev–Trinajstić information content (AvgIpc) is 2.50. The van der Waals surface area contributed by atoms with Gasteiger partial charge in [-0.2, -0.15) is 0 Å². The predicted molar refractivity (Wildman–Crippen MR) is 79.4 cm³/mol. The molecular formula is C16H15N3O. The predicted octanol–water partition coefficient (Wildman–Crippen LogP) is 1.90. The zero-order valence-corrected chi connectivity index (χ0v) is 11.0. The van der Waals surface area contributed by atoms with Crippen LogP contribution in [0.15, 0.2) is 59.5 Å². The first-order valence-electron chi connectivity index (χ1n) is 6.51. The van der Waals surface area contributed by atoms with Gasteiger partial charge in [0.25, 0.3) is 5.56 Å². The maximum absolute atomic E-state index is 12.1. The first kappa shape index (κ1) is 12.6. The molecule has 0 fully saturated rings. The summed E-state index contributed by atoms with van der Waals surface area (Å²) in [5, 5.41) is 0. The lowest BCUT2D eigenvalue weighted by Gasteiger charge is -2.12. The number of hydrogen-bond donors (Lipinski definition) is 1. The number of hydrogen-bond acceptors (Lipinski definition) is 3. The fourth-order valence-electron chi connectivity index (χ4n) is 2.36. The second-order valence-corrected chi connectivity index (χ2v) is 4.64. The van der Waals surface area contributed by atoms with Crippen LogP contribution >= 0.6 is 0 Å². The Bertz CT molecular complexity index is 808. The van der Waals surface area contributed by atoms with Crippen LogP contribution in [0.4, 0.5) is 0 Å². The summed E-state index contributed by atoms with van der Waals surface area (Å²) in [4.78, 5) is 16.3. The molecule has 0 aliphatic heterocycles. The van der Waals surface area contributed by atoms with Crippen molar-refractivity contribution in [2.75, 3.05) is 0 Å². The van der Waals surface area contributed by atoms with Gasteiger partial charge >= 0.3 is 0 Å². The van der Waals surface area contributed by atoms with E-state index < -0.39 is 0 Å². The molecular weight excluding hydrogens is 250 g/mol. The Balaban J connectivity index is 2.15. The number of nitrogens with zero attached hydrogens (tertiary/aromatic N) is 2. The summed E-state index contributed by atoms with van der Waals surface area (Å²) in [6, 6.07) is 15.6. The van der Waals surface area contributed by atoms with Gasteiger partial charge in [-0.3, -0.25) is 4.79 Å². The number of aromatic nitrogens is 2. The van der Waals surface area contributed by atoms with Crippen LogP contribution < -0.4 is 11.3 Å². The third-order valence-corrected chi connectivity index (χ3v) is 3.42. The maximum atomic E-state index is 12.1. The Labute approximate surface area is 116 Å². The van der Waals surface area contributed by atoms with Crippen molar-refractivity contribution in [3.63, 3.8) is 0 Å². The first-order valence-corrected chi connectivity index (χ1v) is 6.51. The first-order chi connectivity index (χ1) is 9.79. The molecule has 2 aromatic carbocycles. The Kier molecular flexibility index (Phi) is 3.31. The van der Waals surface area contributed by atoms with Gasteiger partial charge in [0.05, 0.1) is 23.8 Å². The molecule has 100 valence electrons. The third-order valence-electron chi connectivity index (χ3n) is 3.42. The highest BCUT2D eigenvalue weighted by molar-refractivity contribution is 5.74. The highest BCUT2D eigenvalue weighted by Gasteiger charge is 2.06. The number of rotatable bonds is 3. The largest absolute Gasteiger partial charge is 0.326 e. The van der Waals surface area contributed by atoms with Crippen LogP contribution in [0.3, 0.4) is 0 Å². The summed E-state index contributed by atoms with van der Waals surface area (Å²) in [5.41, 5.74) is 9.43. The Hall–Kier alpha value is -2.46. The SMILES string of the molecule is NCc1ccccc1Cn1c(=O)cnc2ccccc21. The van der Waals surface area contributed by atoms with Gasteiger partial charge in [-0.25, -0.2) is 4.98 Å². The summed E-state index contributed by atoms with van der Waals surface area (Å²) >= 11 is 0. The lowest BCUT2D eigenvalue weighted by Crippen LogP contribution is -2.21. The monoisotopic (exact) mass is 265 g/mol. The number of nitrogens with two attached hydrogens (primary N) is 1. The fraction of sp³-hybridized carbons (Fsp3) is 0.125. The highest BCUT2D eigenvalue weighted by Crippen LogP contribution is 2.13. The van der Waals surface area contributed by atoms with E-state index >= 15 is 0 Å². The molecule has 4 heteroatoms. The molecule has 0 saturated carbocycles. The zero-order valence-electron chi connectivity index (χ0n) is 11.0. The van der Waals surface area contributed by atoms with Gasteiger partial charge in [0, 0.05) is 6.54 Å². The van der Waals surface area contributed by atoms with E-state index in [9.17, 15) is 4.79 Å². The van der Waals surface area contributed by atoms with Crippen molar-refractivity contribution in [3.8, 4) is 0 Å². The van der Waals surface area contributed by atoms with E-state index in [0.29, 0.717) is 13.1 Å². The minimum Gasteiger partial charge on any atom is -0.326 e. The summed E-state index contributed by atoms with van der Waals surface area (Å²) in [6.07, 6.45) is 1.37. The standard InChI is InChI=1S/C16H15N3O/c17-9-12-5-1-2-6-13(12)11-19-15-8-4-3-7-14(15)18-10-16(19)20/h1-8,10H,9,11,17H2. The molecule has 1 aromatic heterocycles. The van der Waals surface area contributed by atoms with Crippen LogP contribution in [0, 0.1) is 0 Å². The molecule has 0 atom stereocenters. The smallest absolute Gasteiger partial charge is 0.269 e. The van der Waals surface area contributed by atoms with Crippen LogP contribution in [0.1, 0.15) is 11.1 Å². The van der Waals surface area contributed by atoms with E-state index in [0.717, 1.165) is 22.2 Å². The lowest BCUT2D eigenvalue weighted by molar-refractivity contribution is 0.775. The van der Waals surface area contributed by atoms with Crippen molar-refractivity contribution in [1.82, 2.24) is 9.55 Å². The molecule has 0 bridgehead atoms. The molecule has 0 amide bonds. The average molecular weight is 265 g/mol. The topological polar surface area (TPSA) is 60.9 Å². The van der Waals surface area contributed by atoms with Crippen molar-refractivity contribution in [1.29, 1.82) is 0 Å². The molecule has 0 aliphatic rings. The summed E-state index contributed by atoms with van der Waals surface area (Å²) in [6.45, 7) is 0.975. The van der Waals surface area contributed by atoms with E-state index in [4.69, 9.17) is 5.73 Å². The van der Waals surface area contributed by atoms with E-state index in [2.05, 4.69) is 4.98 Å². The summed E-state index contributed by atoms with van der Waals surface area (Å²) < 4.78 is 1.73.